The van der Waals surface area contributed by atoms with Gasteiger partial charge in [0.25, 0.3) is 5.91 Å². The van der Waals surface area contributed by atoms with E-state index in [-0.39, 0.29) is 10.8 Å². The van der Waals surface area contributed by atoms with E-state index in [0.29, 0.717) is 18.7 Å². The van der Waals surface area contributed by atoms with Crippen molar-refractivity contribution in [3.63, 3.8) is 0 Å². The number of nitrogens with one attached hydrogen (secondary N) is 1. The van der Waals surface area contributed by atoms with Crippen LogP contribution < -0.4 is 10.2 Å². The Morgan fingerprint density at radius 2 is 1.84 bits per heavy atom. The molecule has 2 rings (SSSR count). The highest BCUT2D eigenvalue weighted by Crippen LogP contribution is 2.15. The Labute approximate surface area is 149 Å². The molecule has 0 saturated heterocycles. The average molecular weight is 360 g/mol. The van der Waals surface area contributed by atoms with Gasteiger partial charge in [0, 0.05) is 37.1 Å². The van der Waals surface area contributed by atoms with E-state index in [9.17, 15) is 13.2 Å². The molecule has 0 aliphatic rings. The third kappa shape index (κ3) is 5.32. The fourth-order valence-corrected chi connectivity index (χ4v) is 3.24. The van der Waals surface area contributed by atoms with Crippen LogP contribution >= 0.6 is 0 Å². The lowest BCUT2D eigenvalue weighted by molar-refractivity contribution is 0.0954. The number of aryl methyl sites for hydroxylation is 1. The molecule has 5 nitrogen and oxygen atoms in total. The van der Waals surface area contributed by atoms with Gasteiger partial charge in [-0.3, -0.25) is 4.79 Å². The predicted octanol–water partition coefficient (Wildman–Crippen LogP) is 2.65. The number of rotatable bonds is 7. The molecule has 25 heavy (non-hydrogen) atoms. The lowest BCUT2D eigenvalue weighted by Gasteiger charge is -2.23. The minimum absolute atomic E-state index is 0.148. The third-order valence-corrected chi connectivity index (χ3v) is 5.05. The largest absolute Gasteiger partial charge is 0.370 e. The van der Waals surface area contributed by atoms with E-state index in [1.54, 1.807) is 12.1 Å². The first-order valence-corrected chi connectivity index (χ1v) is 10.1. The van der Waals surface area contributed by atoms with Crippen LogP contribution in [0.15, 0.2) is 53.4 Å². The highest BCUT2D eigenvalue weighted by molar-refractivity contribution is 7.90. The maximum Gasteiger partial charge on any atom is 0.251 e. The average Bonchev–Trinajstić information content (AvgIpc) is 2.58. The van der Waals surface area contributed by atoms with E-state index in [1.807, 2.05) is 25.1 Å². The summed E-state index contributed by atoms with van der Waals surface area (Å²) >= 11 is 0. The Hall–Kier alpha value is -2.34. The molecule has 0 aliphatic carbocycles. The summed E-state index contributed by atoms with van der Waals surface area (Å²) < 4.78 is 23.2. The summed E-state index contributed by atoms with van der Waals surface area (Å²) in [7, 11) is -3.33. The molecular formula is C19H24N2O3S. The highest BCUT2D eigenvalue weighted by Gasteiger charge is 2.12. The van der Waals surface area contributed by atoms with Gasteiger partial charge < -0.3 is 10.2 Å². The summed E-state index contributed by atoms with van der Waals surface area (Å²) in [6.07, 6.45) is 1.13. The van der Waals surface area contributed by atoms with E-state index in [4.69, 9.17) is 0 Å². The molecule has 0 atom stereocenters. The van der Waals surface area contributed by atoms with Gasteiger partial charge in [0.2, 0.25) is 0 Å². The number of benzene rings is 2. The number of amides is 1. The molecule has 0 aromatic heterocycles. The molecule has 0 bridgehead atoms. The Bertz CT molecular complexity index is 847. The summed E-state index contributed by atoms with van der Waals surface area (Å²) in [5, 5.41) is 2.85. The van der Waals surface area contributed by atoms with Crippen LogP contribution in [0.4, 0.5) is 5.69 Å². The molecule has 0 saturated carbocycles. The Morgan fingerprint density at radius 3 is 2.48 bits per heavy atom. The zero-order valence-corrected chi connectivity index (χ0v) is 15.6. The minimum atomic E-state index is -3.33. The Balaban J connectivity index is 1.98. The second kappa shape index (κ2) is 8.16. The van der Waals surface area contributed by atoms with Crippen molar-refractivity contribution in [2.24, 2.45) is 0 Å². The highest BCUT2D eigenvalue weighted by atomic mass is 32.2. The Morgan fingerprint density at radius 1 is 1.12 bits per heavy atom. The van der Waals surface area contributed by atoms with Crippen LogP contribution in [0.25, 0.3) is 0 Å². The minimum Gasteiger partial charge on any atom is -0.370 e. The van der Waals surface area contributed by atoms with Crippen LogP contribution in [-0.4, -0.2) is 40.2 Å². The van der Waals surface area contributed by atoms with Crippen molar-refractivity contribution >= 4 is 21.4 Å². The second-order valence-corrected chi connectivity index (χ2v) is 7.99. The van der Waals surface area contributed by atoms with Crippen molar-refractivity contribution < 1.29 is 13.2 Å². The number of likely N-dealkylation sites (N-methyl/N-ethyl adjacent to an activating group) is 1. The first kappa shape index (κ1) is 19.0. The van der Waals surface area contributed by atoms with Gasteiger partial charge in [0.15, 0.2) is 9.84 Å². The monoisotopic (exact) mass is 360 g/mol. The van der Waals surface area contributed by atoms with Gasteiger partial charge in [-0.25, -0.2) is 8.42 Å². The van der Waals surface area contributed by atoms with Crippen LogP contribution in [0.5, 0.6) is 0 Å². The molecule has 0 spiro atoms. The molecule has 1 amide bonds. The molecular weight excluding hydrogens is 336 g/mol. The van der Waals surface area contributed by atoms with Gasteiger partial charge in [-0.05, 0) is 49.7 Å². The summed E-state index contributed by atoms with van der Waals surface area (Å²) in [6, 6.07) is 14.3. The number of hydrogen-bond acceptors (Lipinski definition) is 4. The maximum absolute atomic E-state index is 12.3. The SMILES string of the molecule is CCN(CCNC(=O)c1cccc(S(C)(=O)=O)c1)c1cccc(C)c1. The van der Waals surface area contributed by atoms with Crippen LogP contribution in [-0.2, 0) is 9.84 Å². The van der Waals surface area contributed by atoms with Gasteiger partial charge in [-0.15, -0.1) is 0 Å². The number of nitrogens with zero attached hydrogens (tertiary/aromatic N) is 1. The quantitative estimate of drug-likeness (QED) is 0.824. The molecule has 134 valence electrons. The molecule has 2 aromatic carbocycles. The summed E-state index contributed by atoms with van der Waals surface area (Å²) in [5.74, 6) is -0.272. The van der Waals surface area contributed by atoms with Gasteiger partial charge in [-0.2, -0.15) is 0 Å². The topological polar surface area (TPSA) is 66.5 Å². The fourth-order valence-electron chi connectivity index (χ4n) is 2.57. The first-order chi connectivity index (χ1) is 11.8. The van der Waals surface area contributed by atoms with E-state index in [0.717, 1.165) is 18.5 Å². The first-order valence-electron chi connectivity index (χ1n) is 8.21. The maximum atomic E-state index is 12.3. The number of carbonyl (C=O) groups is 1. The molecule has 0 radical (unpaired) electrons. The van der Waals surface area contributed by atoms with Crippen molar-refractivity contribution in [3.05, 3.63) is 59.7 Å². The summed E-state index contributed by atoms with van der Waals surface area (Å²) in [5.41, 5.74) is 2.66. The van der Waals surface area contributed by atoms with Crippen molar-refractivity contribution in [1.29, 1.82) is 0 Å². The van der Waals surface area contributed by atoms with Crippen LogP contribution in [0.2, 0.25) is 0 Å². The lowest BCUT2D eigenvalue weighted by atomic mass is 10.2. The smallest absolute Gasteiger partial charge is 0.251 e. The molecule has 1 N–H and O–H groups in total. The van der Waals surface area contributed by atoms with Gasteiger partial charge in [0.05, 0.1) is 4.90 Å². The number of sulfone groups is 1. The molecule has 6 heteroatoms. The van der Waals surface area contributed by atoms with Crippen molar-refractivity contribution in [2.45, 2.75) is 18.7 Å². The zero-order chi connectivity index (χ0) is 18.4. The molecule has 0 aliphatic heterocycles. The second-order valence-electron chi connectivity index (χ2n) is 5.97. The zero-order valence-electron chi connectivity index (χ0n) is 14.8. The van der Waals surface area contributed by atoms with Gasteiger partial charge in [-0.1, -0.05) is 18.2 Å². The van der Waals surface area contributed by atoms with E-state index in [2.05, 4.69) is 23.2 Å². The van der Waals surface area contributed by atoms with Crippen LogP contribution in [0.1, 0.15) is 22.8 Å². The predicted molar refractivity (Wildman–Crippen MR) is 101 cm³/mol. The van der Waals surface area contributed by atoms with Crippen LogP contribution in [0, 0.1) is 6.92 Å². The molecule has 0 heterocycles. The fraction of sp³-hybridized carbons (Fsp3) is 0.316. The summed E-state index contributed by atoms with van der Waals surface area (Å²) in [4.78, 5) is 14.6. The molecule has 0 unspecified atom stereocenters. The van der Waals surface area contributed by atoms with Crippen molar-refractivity contribution in [1.82, 2.24) is 5.32 Å². The van der Waals surface area contributed by atoms with E-state index in [1.165, 1.54) is 17.7 Å². The number of carbonyl (C=O) groups excluding carboxylic acids is 1. The molecule has 2 aromatic rings. The number of hydrogen-bond donors (Lipinski definition) is 1. The van der Waals surface area contributed by atoms with Crippen LogP contribution in [0.3, 0.4) is 0 Å². The van der Waals surface area contributed by atoms with E-state index < -0.39 is 9.84 Å². The lowest BCUT2D eigenvalue weighted by Crippen LogP contribution is -2.35. The number of anilines is 1. The van der Waals surface area contributed by atoms with E-state index >= 15 is 0 Å². The molecule has 0 fully saturated rings. The van der Waals surface area contributed by atoms with Gasteiger partial charge >= 0.3 is 0 Å². The van der Waals surface area contributed by atoms with Crippen molar-refractivity contribution in [2.75, 3.05) is 30.8 Å². The summed E-state index contributed by atoms with van der Waals surface area (Å²) in [6.45, 7) is 6.11. The van der Waals surface area contributed by atoms with Crippen molar-refractivity contribution in [3.8, 4) is 0 Å². The third-order valence-electron chi connectivity index (χ3n) is 3.94. The van der Waals surface area contributed by atoms with Gasteiger partial charge in [0.1, 0.15) is 0 Å². The Kier molecular flexibility index (Phi) is 6.20. The standard InChI is InChI=1S/C19H24N2O3S/c1-4-21(17-9-5-7-15(2)13-17)12-11-20-19(22)16-8-6-10-18(14-16)25(3,23)24/h5-10,13-14H,4,11-12H2,1-3H3,(H,20,22). The normalized spacial score (nSPS) is 11.2.